The number of piperidine rings is 1. The quantitative estimate of drug-likeness (QED) is 0.743. The zero-order valence-electron chi connectivity index (χ0n) is 15.4. The second kappa shape index (κ2) is 9.67. The molecular formula is C20H32N2O2. The number of carbonyl (C=O) groups is 1. The highest BCUT2D eigenvalue weighted by molar-refractivity contribution is 5.76. The van der Waals surface area contributed by atoms with E-state index >= 15 is 0 Å². The molecule has 1 aromatic carbocycles. The van der Waals surface area contributed by atoms with Crippen LogP contribution in [-0.2, 0) is 4.79 Å². The van der Waals surface area contributed by atoms with Crippen molar-refractivity contribution in [3.63, 3.8) is 0 Å². The number of unbranched alkanes of at least 4 members (excludes halogenated alkanes) is 1. The number of ether oxygens (including phenoxy) is 1. The normalized spacial score (nSPS) is 17.8. The first-order valence-corrected chi connectivity index (χ1v) is 9.22. The van der Waals surface area contributed by atoms with Gasteiger partial charge in [-0.25, -0.2) is 0 Å². The molecule has 0 aromatic heterocycles. The van der Waals surface area contributed by atoms with E-state index < -0.39 is 0 Å². The van der Waals surface area contributed by atoms with Gasteiger partial charge in [-0.2, -0.15) is 0 Å². The first kappa shape index (κ1) is 18.8. The van der Waals surface area contributed by atoms with Crippen molar-refractivity contribution in [2.75, 3.05) is 33.3 Å². The van der Waals surface area contributed by atoms with Crippen LogP contribution >= 0.6 is 0 Å². The Labute approximate surface area is 146 Å². The van der Waals surface area contributed by atoms with Crippen LogP contribution in [0, 0.1) is 19.8 Å². The number of nitrogens with zero attached hydrogens (tertiary/aromatic N) is 1. The molecule has 1 fully saturated rings. The van der Waals surface area contributed by atoms with Crippen LogP contribution in [0.5, 0.6) is 5.75 Å². The predicted octanol–water partition coefficient (Wildman–Crippen LogP) is 3.31. The molecule has 1 saturated heterocycles. The van der Waals surface area contributed by atoms with Crippen LogP contribution in [0.2, 0.25) is 0 Å². The first-order valence-electron chi connectivity index (χ1n) is 9.22. The average molecular weight is 332 g/mol. The minimum absolute atomic E-state index is 0.308. The molecule has 1 aliphatic rings. The largest absolute Gasteiger partial charge is 0.493 e. The summed E-state index contributed by atoms with van der Waals surface area (Å²) in [6, 6.07) is 6.27. The number of nitrogens with one attached hydrogen (secondary N) is 1. The second-order valence-electron chi connectivity index (χ2n) is 6.98. The minimum atomic E-state index is 0.308. The molecule has 1 aromatic rings. The summed E-state index contributed by atoms with van der Waals surface area (Å²) in [4.78, 5) is 14.4. The molecule has 1 atom stereocenters. The van der Waals surface area contributed by atoms with Gasteiger partial charge in [0.2, 0.25) is 5.91 Å². The number of rotatable bonds is 8. The van der Waals surface area contributed by atoms with Crippen molar-refractivity contribution in [2.45, 2.75) is 46.0 Å². The highest BCUT2D eigenvalue weighted by Gasteiger charge is 2.22. The van der Waals surface area contributed by atoms with Gasteiger partial charge in [0.1, 0.15) is 5.75 Å². The summed E-state index contributed by atoms with van der Waals surface area (Å²) in [6.07, 6.45) is 4.83. The van der Waals surface area contributed by atoms with Crippen molar-refractivity contribution in [3.05, 3.63) is 29.3 Å². The number of amides is 1. The fraction of sp³-hybridized carbons (Fsp3) is 0.650. The maximum atomic E-state index is 12.3. The van der Waals surface area contributed by atoms with Crippen molar-refractivity contribution in [1.29, 1.82) is 0 Å². The Morgan fingerprint density at radius 3 is 2.96 bits per heavy atom. The molecule has 24 heavy (non-hydrogen) atoms. The molecule has 1 aliphatic heterocycles. The molecule has 1 amide bonds. The van der Waals surface area contributed by atoms with Gasteiger partial charge in [-0.15, -0.1) is 0 Å². The van der Waals surface area contributed by atoms with E-state index in [1.807, 2.05) is 7.05 Å². The van der Waals surface area contributed by atoms with Gasteiger partial charge in [-0.1, -0.05) is 12.1 Å². The van der Waals surface area contributed by atoms with Crippen LogP contribution < -0.4 is 10.1 Å². The molecule has 0 spiro atoms. The molecule has 4 nitrogen and oxygen atoms in total. The summed E-state index contributed by atoms with van der Waals surface area (Å²) in [6.45, 7) is 7.67. The Hall–Kier alpha value is -1.55. The number of carbonyl (C=O) groups excluding carboxylic acids is 1. The van der Waals surface area contributed by atoms with Crippen molar-refractivity contribution in [3.8, 4) is 5.75 Å². The van der Waals surface area contributed by atoms with Crippen LogP contribution in [0.3, 0.4) is 0 Å². The predicted molar refractivity (Wildman–Crippen MR) is 98.5 cm³/mol. The van der Waals surface area contributed by atoms with E-state index in [2.05, 4.69) is 42.3 Å². The smallest absolute Gasteiger partial charge is 0.222 e. The third kappa shape index (κ3) is 5.82. The van der Waals surface area contributed by atoms with Crippen molar-refractivity contribution in [2.24, 2.45) is 5.92 Å². The zero-order valence-corrected chi connectivity index (χ0v) is 15.4. The lowest BCUT2D eigenvalue weighted by Gasteiger charge is -2.32. The maximum Gasteiger partial charge on any atom is 0.222 e. The van der Waals surface area contributed by atoms with Crippen LogP contribution in [0.1, 0.15) is 43.2 Å². The number of aryl methyl sites for hydroxylation is 2. The maximum absolute atomic E-state index is 12.3. The van der Waals surface area contributed by atoms with Gasteiger partial charge in [0.25, 0.3) is 0 Å². The number of hydrogen-bond acceptors (Lipinski definition) is 3. The van der Waals surface area contributed by atoms with E-state index in [1.165, 1.54) is 17.5 Å². The van der Waals surface area contributed by atoms with Crippen molar-refractivity contribution < 1.29 is 9.53 Å². The van der Waals surface area contributed by atoms with Gasteiger partial charge >= 0.3 is 0 Å². The second-order valence-corrected chi connectivity index (χ2v) is 6.98. The fourth-order valence-electron chi connectivity index (χ4n) is 3.33. The molecule has 2 rings (SSSR count). The molecule has 1 unspecified atom stereocenters. The third-order valence-corrected chi connectivity index (χ3v) is 4.75. The summed E-state index contributed by atoms with van der Waals surface area (Å²) >= 11 is 0. The molecule has 0 radical (unpaired) electrons. The van der Waals surface area contributed by atoms with Crippen LogP contribution in [0.15, 0.2) is 18.2 Å². The van der Waals surface area contributed by atoms with Crippen LogP contribution in [0.4, 0.5) is 0 Å². The van der Waals surface area contributed by atoms with Gasteiger partial charge in [-0.3, -0.25) is 4.79 Å². The van der Waals surface area contributed by atoms with E-state index in [-0.39, 0.29) is 0 Å². The molecule has 134 valence electrons. The lowest BCUT2D eigenvalue weighted by atomic mass is 9.97. The van der Waals surface area contributed by atoms with Gasteiger partial charge in [-0.05, 0) is 76.2 Å². The molecular weight excluding hydrogens is 300 g/mol. The van der Waals surface area contributed by atoms with E-state index in [9.17, 15) is 4.79 Å². The van der Waals surface area contributed by atoms with E-state index in [1.54, 1.807) is 0 Å². The Morgan fingerprint density at radius 1 is 1.33 bits per heavy atom. The molecule has 0 saturated carbocycles. The first-order chi connectivity index (χ1) is 11.6. The van der Waals surface area contributed by atoms with E-state index in [4.69, 9.17) is 4.74 Å². The highest BCUT2D eigenvalue weighted by atomic mass is 16.5. The van der Waals surface area contributed by atoms with Gasteiger partial charge in [0.15, 0.2) is 0 Å². The number of benzene rings is 1. The minimum Gasteiger partial charge on any atom is -0.493 e. The zero-order chi connectivity index (χ0) is 17.4. The van der Waals surface area contributed by atoms with E-state index in [0.29, 0.717) is 24.9 Å². The Balaban J connectivity index is 1.65. The van der Waals surface area contributed by atoms with Crippen LogP contribution in [-0.4, -0.2) is 44.1 Å². The number of hydrogen-bond donors (Lipinski definition) is 1. The molecule has 0 aliphatic carbocycles. The van der Waals surface area contributed by atoms with Crippen molar-refractivity contribution >= 4 is 5.91 Å². The Kier molecular flexibility index (Phi) is 7.57. The van der Waals surface area contributed by atoms with Gasteiger partial charge in [0.05, 0.1) is 6.61 Å². The number of likely N-dealkylation sites (tertiary alicyclic amines) is 1. The monoisotopic (exact) mass is 332 g/mol. The summed E-state index contributed by atoms with van der Waals surface area (Å²) in [5.74, 6) is 1.88. The highest BCUT2D eigenvalue weighted by Crippen LogP contribution is 2.20. The fourth-order valence-corrected chi connectivity index (χ4v) is 3.33. The van der Waals surface area contributed by atoms with Gasteiger partial charge in [0, 0.05) is 19.5 Å². The lowest BCUT2D eigenvalue weighted by molar-refractivity contribution is -0.133. The summed E-state index contributed by atoms with van der Waals surface area (Å²) in [5, 5.41) is 3.23. The third-order valence-electron chi connectivity index (χ3n) is 4.75. The Bertz CT molecular complexity index is 528. The topological polar surface area (TPSA) is 41.6 Å². The average Bonchev–Trinajstić information content (AvgIpc) is 2.58. The molecule has 1 N–H and O–H groups in total. The summed E-state index contributed by atoms with van der Waals surface area (Å²) in [7, 11) is 1.98. The molecule has 0 bridgehead atoms. The van der Waals surface area contributed by atoms with Gasteiger partial charge < -0.3 is 15.0 Å². The Morgan fingerprint density at radius 2 is 2.17 bits per heavy atom. The van der Waals surface area contributed by atoms with Crippen LogP contribution in [0.25, 0.3) is 0 Å². The molecule has 1 heterocycles. The lowest BCUT2D eigenvalue weighted by Crippen LogP contribution is -2.42. The summed E-state index contributed by atoms with van der Waals surface area (Å²) in [5.41, 5.74) is 2.38. The summed E-state index contributed by atoms with van der Waals surface area (Å²) < 4.78 is 5.86. The molecule has 4 heteroatoms. The standard InChI is InChI=1S/C20H32N2O2/c1-16-9-10-17(2)19(13-16)24-12-5-4-8-20(23)22-11-6-7-18(15-22)14-21-3/h9-10,13,18,21H,4-8,11-12,14-15H2,1-3H3. The van der Waals surface area contributed by atoms with E-state index in [0.717, 1.165) is 44.6 Å². The SMILES string of the molecule is CNCC1CCCN(C(=O)CCCCOc2cc(C)ccc2C)C1. The van der Waals surface area contributed by atoms with Crippen molar-refractivity contribution in [1.82, 2.24) is 10.2 Å².